The van der Waals surface area contributed by atoms with Crippen molar-refractivity contribution in [1.82, 2.24) is 10.2 Å². The van der Waals surface area contributed by atoms with Crippen LogP contribution in [0.2, 0.25) is 0 Å². The van der Waals surface area contributed by atoms with Crippen molar-refractivity contribution in [3.8, 4) is 0 Å². The SMILES string of the molecule is CCC(CC)(CCOC(C)(C)CNC(=O)CCN1C(=O)C=CC1=O)OC. The number of imide groups is 1. The maximum Gasteiger partial charge on any atom is 0.253 e. The maximum absolute atomic E-state index is 12.0. The van der Waals surface area contributed by atoms with E-state index in [1.807, 2.05) is 13.8 Å². The summed E-state index contributed by atoms with van der Waals surface area (Å²) < 4.78 is 11.6. The number of carbonyl (C=O) groups is 3. The molecule has 1 aliphatic rings. The molecule has 0 atom stereocenters. The fraction of sp³-hybridized carbons (Fsp3) is 0.737. The predicted molar refractivity (Wildman–Crippen MR) is 98.5 cm³/mol. The molecule has 7 heteroatoms. The van der Waals surface area contributed by atoms with Crippen molar-refractivity contribution in [2.75, 3.05) is 26.8 Å². The van der Waals surface area contributed by atoms with Crippen LogP contribution in [0.3, 0.4) is 0 Å². The van der Waals surface area contributed by atoms with Crippen molar-refractivity contribution < 1.29 is 23.9 Å². The highest BCUT2D eigenvalue weighted by atomic mass is 16.5. The summed E-state index contributed by atoms with van der Waals surface area (Å²) in [4.78, 5) is 35.9. The topological polar surface area (TPSA) is 84.9 Å². The standard InChI is InChI=1S/C19H32N2O5/c1-6-19(7-2,25-5)11-13-26-18(3,4)14-20-15(22)10-12-21-16(23)8-9-17(21)24/h8-9H,6-7,10-14H2,1-5H3,(H,20,22). The number of rotatable bonds is 12. The van der Waals surface area contributed by atoms with Crippen molar-refractivity contribution in [2.24, 2.45) is 0 Å². The van der Waals surface area contributed by atoms with Crippen molar-refractivity contribution in [3.63, 3.8) is 0 Å². The van der Waals surface area contributed by atoms with E-state index in [0.717, 1.165) is 24.2 Å². The van der Waals surface area contributed by atoms with Gasteiger partial charge < -0.3 is 14.8 Å². The van der Waals surface area contributed by atoms with Crippen LogP contribution in [-0.2, 0) is 23.9 Å². The normalized spacial score (nSPS) is 15.0. The molecule has 0 aliphatic carbocycles. The summed E-state index contributed by atoms with van der Waals surface area (Å²) in [5, 5.41) is 2.80. The summed E-state index contributed by atoms with van der Waals surface area (Å²) in [6.07, 6.45) is 5.13. The Labute approximate surface area is 156 Å². The van der Waals surface area contributed by atoms with Gasteiger partial charge in [0.05, 0.1) is 17.8 Å². The fourth-order valence-corrected chi connectivity index (χ4v) is 2.82. The minimum atomic E-state index is -0.516. The number of nitrogens with zero attached hydrogens (tertiary/aromatic N) is 1. The van der Waals surface area contributed by atoms with E-state index in [1.165, 1.54) is 12.2 Å². The Hall–Kier alpha value is -1.73. The Morgan fingerprint density at radius 3 is 2.23 bits per heavy atom. The summed E-state index contributed by atoms with van der Waals surface area (Å²) in [5.41, 5.74) is -0.681. The monoisotopic (exact) mass is 368 g/mol. The summed E-state index contributed by atoms with van der Waals surface area (Å²) in [5.74, 6) is -0.970. The Bertz CT molecular complexity index is 512. The van der Waals surface area contributed by atoms with Gasteiger partial charge in [0.2, 0.25) is 5.91 Å². The molecule has 148 valence electrons. The molecule has 0 aromatic carbocycles. The lowest BCUT2D eigenvalue weighted by Crippen LogP contribution is -2.43. The second-order valence-electron chi connectivity index (χ2n) is 7.14. The largest absolute Gasteiger partial charge is 0.378 e. The van der Waals surface area contributed by atoms with Crippen LogP contribution in [0, 0.1) is 0 Å². The molecule has 0 aromatic rings. The molecule has 1 aliphatic heterocycles. The Kier molecular flexibility index (Phi) is 8.43. The lowest BCUT2D eigenvalue weighted by molar-refractivity contribution is -0.137. The highest BCUT2D eigenvalue weighted by Gasteiger charge is 2.28. The van der Waals surface area contributed by atoms with E-state index in [1.54, 1.807) is 7.11 Å². The van der Waals surface area contributed by atoms with E-state index in [9.17, 15) is 14.4 Å². The predicted octanol–water partition coefficient (Wildman–Crippen LogP) is 1.81. The van der Waals surface area contributed by atoms with Crippen LogP contribution in [0.1, 0.15) is 53.4 Å². The first-order valence-corrected chi connectivity index (χ1v) is 9.18. The first kappa shape index (κ1) is 22.3. The van der Waals surface area contributed by atoms with Crippen LogP contribution in [0.4, 0.5) is 0 Å². The van der Waals surface area contributed by atoms with Gasteiger partial charge >= 0.3 is 0 Å². The smallest absolute Gasteiger partial charge is 0.253 e. The van der Waals surface area contributed by atoms with Gasteiger partial charge in [0.1, 0.15) is 0 Å². The van der Waals surface area contributed by atoms with E-state index < -0.39 is 5.60 Å². The van der Waals surface area contributed by atoms with Gasteiger partial charge in [-0.15, -0.1) is 0 Å². The second-order valence-corrected chi connectivity index (χ2v) is 7.14. The highest BCUT2D eigenvalue weighted by Crippen LogP contribution is 2.24. The molecule has 3 amide bonds. The molecule has 7 nitrogen and oxygen atoms in total. The fourth-order valence-electron chi connectivity index (χ4n) is 2.82. The number of hydrogen-bond donors (Lipinski definition) is 1. The number of ether oxygens (including phenoxy) is 2. The Morgan fingerprint density at radius 1 is 1.15 bits per heavy atom. The van der Waals surface area contributed by atoms with Crippen LogP contribution in [0.25, 0.3) is 0 Å². The van der Waals surface area contributed by atoms with Crippen LogP contribution in [-0.4, -0.2) is 60.6 Å². The molecular weight excluding hydrogens is 336 g/mol. The Balaban J connectivity index is 2.32. The Morgan fingerprint density at radius 2 is 1.73 bits per heavy atom. The molecule has 0 spiro atoms. The third-order valence-electron chi connectivity index (χ3n) is 4.95. The van der Waals surface area contributed by atoms with Gasteiger partial charge in [-0.05, 0) is 33.1 Å². The van der Waals surface area contributed by atoms with Crippen molar-refractivity contribution in [3.05, 3.63) is 12.2 Å². The number of methoxy groups -OCH3 is 1. The minimum Gasteiger partial charge on any atom is -0.378 e. The first-order valence-electron chi connectivity index (χ1n) is 9.18. The molecule has 0 bridgehead atoms. The summed E-state index contributed by atoms with van der Waals surface area (Å²) in [7, 11) is 1.73. The molecule has 0 saturated carbocycles. The van der Waals surface area contributed by atoms with E-state index in [0.29, 0.717) is 13.2 Å². The van der Waals surface area contributed by atoms with Crippen LogP contribution in [0.5, 0.6) is 0 Å². The summed E-state index contributed by atoms with van der Waals surface area (Å²) in [6.45, 7) is 9.01. The van der Waals surface area contributed by atoms with E-state index >= 15 is 0 Å². The highest BCUT2D eigenvalue weighted by molar-refractivity contribution is 6.13. The van der Waals surface area contributed by atoms with Gasteiger partial charge in [-0.1, -0.05) is 13.8 Å². The van der Waals surface area contributed by atoms with Crippen molar-refractivity contribution in [2.45, 2.75) is 64.6 Å². The number of amides is 3. The molecule has 0 aromatic heterocycles. The van der Waals surface area contributed by atoms with E-state index in [2.05, 4.69) is 19.2 Å². The molecule has 1 rings (SSSR count). The van der Waals surface area contributed by atoms with Gasteiger partial charge in [0.15, 0.2) is 0 Å². The van der Waals surface area contributed by atoms with E-state index in [4.69, 9.17) is 9.47 Å². The lowest BCUT2D eigenvalue weighted by atomic mass is 9.93. The molecule has 0 radical (unpaired) electrons. The number of nitrogens with one attached hydrogen (secondary N) is 1. The second kappa shape index (κ2) is 9.83. The maximum atomic E-state index is 12.0. The van der Waals surface area contributed by atoms with Gasteiger partial charge in [0, 0.05) is 38.8 Å². The van der Waals surface area contributed by atoms with Crippen LogP contribution < -0.4 is 5.32 Å². The number of hydrogen-bond acceptors (Lipinski definition) is 5. The molecule has 1 heterocycles. The molecule has 1 N–H and O–H groups in total. The zero-order valence-corrected chi connectivity index (χ0v) is 16.6. The van der Waals surface area contributed by atoms with Crippen molar-refractivity contribution in [1.29, 1.82) is 0 Å². The quantitative estimate of drug-likeness (QED) is 0.531. The minimum absolute atomic E-state index is 0.0771. The van der Waals surface area contributed by atoms with Gasteiger partial charge in [0.25, 0.3) is 11.8 Å². The number of carbonyl (C=O) groups excluding carboxylic acids is 3. The average Bonchev–Trinajstić information content (AvgIpc) is 2.93. The van der Waals surface area contributed by atoms with Gasteiger partial charge in [-0.2, -0.15) is 0 Å². The molecule has 0 saturated heterocycles. The third-order valence-corrected chi connectivity index (χ3v) is 4.95. The molecule has 0 fully saturated rings. The third kappa shape index (κ3) is 6.53. The van der Waals surface area contributed by atoms with Crippen LogP contribution >= 0.6 is 0 Å². The summed E-state index contributed by atoms with van der Waals surface area (Å²) >= 11 is 0. The van der Waals surface area contributed by atoms with Crippen LogP contribution in [0.15, 0.2) is 12.2 Å². The molecule has 26 heavy (non-hydrogen) atoms. The zero-order valence-electron chi connectivity index (χ0n) is 16.6. The lowest BCUT2D eigenvalue weighted by Gasteiger charge is -2.32. The first-order chi connectivity index (χ1) is 12.2. The zero-order chi connectivity index (χ0) is 19.8. The van der Waals surface area contributed by atoms with Gasteiger partial charge in [-0.3, -0.25) is 19.3 Å². The average molecular weight is 368 g/mol. The molecular formula is C19H32N2O5. The molecule has 0 unspecified atom stereocenters. The van der Waals surface area contributed by atoms with Crippen molar-refractivity contribution >= 4 is 17.7 Å². The van der Waals surface area contributed by atoms with E-state index in [-0.39, 0.29) is 36.3 Å². The summed E-state index contributed by atoms with van der Waals surface area (Å²) in [6, 6.07) is 0. The van der Waals surface area contributed by atoms with Gasteiger partial charge in [-0.25, -0.2) is 0 Å².